The van der Waals surface area contributed by atoms with Gasteiger partial charge in [0.1, 0.15) is 0 Å². The van der Waals surface area contributed by atoms with Crippen LogP contribution >= 0.6 is 0 Å². The zero-order chi connectivity index (χ0) is 9.31. The Labute approximate surface area is 78.9 Å². The Bertz CT molecular complexity index is 284. The number of aromatic nitrogens is 2. The molecule has 13 heavy (non-hydrogen) atoms. The molecule has 3 heteroatoms. The molecule has 1 aromatic rings. The van der Waals surface area contributed by atoms with Crippen LogP contribution in [-0.4, -0.2) is 9.78 Å². The minimum Gasteiger partial charge on any atom is -0.396 e. The first-order valence-electron chi connectivity index (χ1n) is 4.96. The highest BCUT2D eigenvalue weighted by Gasteiger charge is 2.29. The van der Waals surface area contributed by atoms with Crippen molar-refractivity contribution in [3.63, 3.8) is 0 Å². The van der Waals surface area contributed by atoms with Crippen LogP contribution in [0.1, 0.15) is 32.6 Å². The van der Waals surface area contributed by atoms with E-state index in [9.17, 15) is 0 Å². The van der Waals surface area contributed by atoms with E-state index in [4.69, 9.17) is 5.73 Å². The molecule has 1 fully saturated rings. The smallest absolute Gasteiger partial charge is 0.0719 e. The van der Waals surface area contributed by atoms with Crippen LogP contribution < -0.4 is 5.73 Å². The molecule has 3 nitrogen and oxygen atoms in total. The quantitative estimate of drug-likeness (QED) is 0.755. The van der Waals surface area contributed by atoms with E-state index in [1.807, 2.05) is 10.9 Å². The first-order valence-corrected chi connectivity index (χ1v) is 4.96. The van der Waals surface area contributed by atoms with Gasteiger partial charge in [-0.3, -0.25) is 4.68 Å². The van der Waals surface area contributed by atoms with Crippen LogP contribution in [0.15, 0.2) is 12.4 Å². The molecule has 0 amide bonds. The van der Waals surface area contributed by atoms with Crippen molar-refractivity contribution in [3.8, 4) is 0 Å². The minimum absolute atomic E-state index is 0.457. The van der Waals surface area contributed by atoms with Crippen molar-refractivity contribution in [1.82, 2.24) is 9.78 Å². The highest BCUT2D eigenvalue weighted by molar-refractivity contribution is 5.30. The number of nitrogen functional groups attached to an aromatic ring is 1. The summed E-state index contributed by atoms with van der Waals surface area (Å²) in [6.45, 7) is 3.36. The summed E-state index contributed by atoms with van der Waals surface area (Å²) in [4.78, 5) is 0. The van der Waals surface area contributed by atoms with Crippen molar-refractivity contribution in [1.29, 1.82) is 0 Å². The molecular formula is C10H17N3. The molecule has 0 radical (unpaired) electrons. The lowest BCUT2D eigenvalue weighted by molar-refractivity contribution is 0.268. The van der Waals surface area contributed by atoms with Gasteiger partial charge in [0.15, 0.2) is 0 Å². The van der Waals surface area contributed by atoms with Gasteiger partial charge in [0.25, 0.3) is 0 Å². The molecule has 1 aromatic heterocycles. The second kappa shape index (κ2) is 3.05. The van der Waals surface area contributed by atoms with E-state index in [2.05, 4.69) is 12.0 Å². The van der Waals surface area contributed by atoms with Gasteiger partial charge in [0, 0.05) is 12.7 Å². The molecule has 0 atom stereocenters. The molecular weight excluding hydrogens is 162 g/mol. The normalized spacial score (nSPS) is 20.7. The minimum atomic E-state index is 0.457. The summed E-state index contributed by atoms with van der Waals surface area (Å²) in [5.41, 5.74) is 6.83. The zero-order valence-electron chi connectivity index (χ0n) is 8.16. The molecule has 0 aromatic carbocycles. The second-order valence-corrected chi connectivity index (χ2v) is 4.49. The summed E-state index contributed by atoms with van der Waals surface area (Å²) in [5.74, 6) is 0. The number of anilines is 1. The molecule has 1 aliphatic rings. The van der Waals surface area contributed by atoms with Gasteiger partial charge in [-0.05, 0) is 18.3 Å². The highest BCUT2D eigenvalue weighted by Crippen LogP contribution is 2.38. The fraction of sp³-hybridized carbons (Fsp3) is 0.700. The van der Waals surface area contributed by atoms with E-state index in [0.29, 0.717) is 5.41 Å². The van der Waals surface area contributed by atoms with Crippen LogP contribution in [0, 0.1) is 5.41 Å². The van der Waals surface area contributed by atoms with Crippen LogP contribution in [0.5, 0.6) is 0 Å². The molecule has 0 unspecified atom stereocenters. The summed E-state index contributed by atoms with van der Waals surface area (Å²) in [5, 5.41) is 4.22. The molecule has 1 heterocycles. The van der Waals surface area contributed by atoms with Gasteiger partial charge >= 0.3 is 0 Å². The van der Waals surface area contributed by atoms with Crippen molar-refractivity contribution < 1.29 is 0 Å². The van der Waals surface area contributed by atoms with Crippen molar-refractivity contribution in [2.45, 2.75) is 39.2 Å². The van der Waals surface area contributed by atoms with Crippen LogP contribution in [0.25, 0.3) is 0 Å². The molecule has 1 saturated carbocycles. The standard InChI is InChI=1S/C10H17N3/c1-10(4-2-3-5-10)8-13-7-9(11)6-12-13/h6-7H,2-5,8,11H2,1H3. The van der Waals surface area contributed by atoms with Crippen LogP contribution in [0.3, 0.4) is 0 Å². The van der Waals surface area contributed by atoms with Gasteiger partial charge in [-0.2, -0.15) is 5.10 Å². The fourth-order valence-electron chi connectivity index (χ4n) is 2.24. The Morgan fingerprint density at radius 3 is 2.77 bits per heavy atom. The zero-order valence-corrected chi connectivity index (χ0v) is 8.16. The van der Waals surface area contributed by atoms with E-state index in [1.54, 1.807) is 6.20 Å². The molecule has 0 saturated heterocycles. The number of nitrogens with two attached hydrogens (primary N) is 1. The third kappa shape index (κ3) is 1.85. The highest BCUT2D eigenvalue weighted by atomic mass is 15.3. The Morgan fingerprint density at radius 1 is 1.54 bits per heavy atom. The summed E-state index contributed by atoms with van der Waals surface area (Å²) >= 11 is 0. The molecule has 0 bridgehead atoms. The molecule has 2 rings (SSSR count). The SMILES string of the molecule is CC1(Cn2cc(N)cn2)CCCC1. The van der Waals surface area contributed by atoms with E-state index < -0.39 is 0 Å². The molecule has 1 aliphatic carbocycles. The van der Waals surface area contributed by atoms with E-state index in [-0.39, 0.29) is 0 Å². The van der Waals surface area contributed by atoms with Gasteiger partial charge in [0.2, 0.25) is 0 Å². The molecule has 2 N–H and O–H groups in total. The summed E-state index contributed by atoms with van der Waals surface area (Å²) in [6, 6.07) is 0. The predicted octanol–water partition coefficient (Wildman–Crippen LogP) is 2.05. The van der Waals surface area contributed by atoms with E-state index in [1.165, 1.54) is 25.7 Å². The van der Waals surface area contributed by atoms with Crippen LogP contribution in [0.2, 0.25) is 0 Å². The van der Waals surface area contributed by atoms with Crippen LogP contribution in [0.4, 0.5) is 5.69 Å². The maximum Gasteiger partial charge on any atom is 0.0719 e. The average molecular weight is 179 g/mol. The third-order valence-corrected chi connectivity index (χ3v) is 3.01. The first kappa shape index (κ1) is 8.60. The summed E-state index contributed by atoms with van der Waals surface area (Å²) < 4.78 is 1.97. The first-order chi connectivity index (χ1) is 6.18. The largest absolute Gasteiger partial charge is 0.396 e. The summed E-state index contributed by atoms with van der Waals surface area (Å²) in [6.07, 6.45) is 9.03. The Balaban J connectivity index is 2.04. The average Bonchev–Trinajstić information content (AvgIpc) is 2.62. The van der Waals surface area contributed by atoms with E-state index in [0.717, 1.165) is 12.2 Å². The number of rotatable bonds is 2. The maximum absolute atomic E-state index is 5.61. The Morgan fingerprint density at radius 2 is 2.23 bits per heavy atom. The van der Waals surface area contributed by atoms with Crippen LogP contribution in [-0.2, 0) is 6.54 Å². The lowest BCUT2D eigenvalue weighted by Gasteiger charge is -2.22. The number of nitrogens with zero attached hydrogens (tertiary/aromatic N) is 2. The monoisotopic (exact) mass is 179 g/mol. The Kier molecular flexibility index (Phi) is 2.02. The van der Waals surface area contributed by atoms with Gasteiger partial charge < -0.3 is 5.73 Å². The van der Waals surface area contributed by atoms with Crippen molar-refractivity contribution in [3.05, 3.63) is 12.4 Å². The van der Waals surface area contributed by atoms with Gasteiger partial charge in [-0.1, -0.05) is 19.8 Å². The van der Waals surface area contributed by atoms with E-state index >= 15 is 0 Å². The second-order valence-electron chi connectivity index (χ2n) is 4.49. The van der Waals surface area contributed by atoms with Crippen molar-refractivity contribution in [2.24, 2.45) is 5.41 Å². The predicted molar refractivity (Wildman–Crippen MR) is 53.2 cm³/mol. The number of hydrogen-bond donors (Lipinski definition) is 1. The molecule has 0 aliphatic heterocycles. The van der Waals surface area contributed by atoms with Crippen molar-refractivity contribution >= 4 is 5.69 Å². The lowest BCUT2D eigenvalue weighted by Crippen LogP contribution is -2.19. The van der Waals surface area contributed by atoms with Gasteiger partial charge in [-0.25, -0.2) is 0 Å². The topological polar surface area (TPSA) is 43.8 Å². The molecule has 0 spiro atoms. The van der Waals surface area contributed by atoms with Gasteiger partial charge in [0.05, 0.1) is 11.9 Å². The molecule has 72 valence electrons. The van der Waals surface area contributed by atoms with Gasteiger partial charge in [-0.15, -0.1) is 0 Å². The van der Waals surface area contributed by atoms with Crippen molar-refractivity contribution in [2.75, 3.05) is 5.73 Å². The number of hydrogen-bond acceptors (Lipinski definition) is 2. The lowest BCUT2D eigenvalue weighted by atomic mass is 9.89. The maximum atomic E-state index is 5.61. The summed E-state index contributed by atoms with van der Waals surface area (Å²) in [7, 11) is 0. The fourth-order valence-corrected chi connectivity index (χ4v) is 2.24. The Hall–Kier alpha value is -0.990. The third-order valence-electron chi connectivity index (χ3n) is 3.01.